The SMILES string of the molecule is CCc1cccnc1-c1noc(CCC2CCNCC2)n1. The van der Waals surface area contributed by atoms with E-state index in [1.165, 1.54) is 12.8 Å². The van der Waals surface area contributed by atoms with Crippen molar-refractivity contribution in [3.8, 4) is 11.5 Å². The van der Waals surface area contributed by atoms with Crippen LogP contribution in [0.25, 0.3) is 11.5 Å². The van der Waals surface area contributed by atoms with E-state index in [-0.39, 0.29) is 0 Å². The highest BCUT2D eigenvalue weighted by Crippen LogP contribution is 2.21. The first-order valence-electron chi connectivity index (χ1n) is 7.84. The molecule has 0 amide bonds. The van der Waals surface area contributed by atoms with Crippen molar-refractivity contribution in [3.05, 3.63) is 29.8 Å². The van der Waals surface area contributed by atoms with Crippen molar-refractivity contribution < 1.29 is 4.52 Å². The molecule has 0 bridgehead atoms. The topological polar surface area (TPSA) is 63.8 Å². The van der Waals surface area contributed by atoms with Crippen LogP contribution in [0.1, 0.15) is 37.6 Å². The maximum absolute atomic E-state index is 5.39. The standard InChI is InChI=1S/C16H22N4O/c1-2-13-4-3-9-18-15(13)16-19-14(21-20-16)6-5-12-7-10-17-11-8-12/h3-4,9,12,17H,2,5-8,10-11H2,1H3. The van der Waals surface area contributed by atoms with Crippen molar-refractivity contribution in [3.63, 3.8) is 0 Å². The van der Waals surface area contributed by atoms with Crippen molar-refractivity contribution in [2.75, 3.05) is 13.1 Å². The molecule has 1 saturated heterocycles. The highest BCUT2D eigenvalue weighted by Gasteiger charge is 2.16. The molecule has 1 fully saturated rings. The molecule has 0 saturated carbocycles. The van der Waals surface area contributed by atoms with Crippen LogP contribution in [0.3, 0.4) is 0 Å². The zero-order valence-corrected chi connectivity index (χ0v) is 12.5. The molecule has 1 aliphatic heterocycles. The van der Waals surface area contributed by atoms with Crippen LogP contribution in [0.15, 0.2) is 22.9 Å². The van der Waals surface area contributed by atoms with E-state index >= 15 is 0 Å². The maximum Gasteiger partial charge on any atom is 0.227 e. The number of pyridine rings is 1. The second-order valence-electron chi connectivity index (χ2n) is 5.61. The summed E-state index contributed by atoms with van der Waals surface area (Å²) in [6, 6.07) is 4.01. The van der Waals surface area contributed by atoms with E-state index in [9.17, 15) is 0 Å². The Labute approximate surface area is 125 Å². The monoisotopic (exact) mass is 286 g/mol. The Bertz CT molecular complexity index is 575. The highest BCUT2D eigenvalue weighted by molar-refractivity contribution is 5.53. The molecule has 0 spiro atoms. The van der Waals surface area contributed by atoms with Gasteiger partial charge >= 0.3 is 0 Å². The Morgan fingerprint density at radius 3 is 3.00 bits per heavy atom. The number of aromatic nitrogens is 3. The lowest BCUT2D eigenvalue weighted by Crippen LogP contribution is -2.27. The summed E-state index contributed by atoms with van der Waals surface area (Å²) < 4.78 is 5.39. The van der Waals surface area contributed by atoms with Crippen LogP contribution < -0.4 is 5.32 Å². The van der Waals surface area contributed by atoms with Crippen LogP contribution in [0.5, 0.6) is 0 Å². The van der Waals surface area contributed by atoms with Gasteiger partial charge in [0.1, 0.15) is 5.69 Å². The van der Waals surface area contributed by atoms with E-state index in [0.717, 1.165) is 55.4 Å². The minimum absolute atomic E-state index is 0.618. The van der Waals surface area contributed by atoms with E-state index in [2.05, 4.69) is 33.4 Å². The van der Waals surface area contributed by atoms with Gasteiger partial charge in [-0.25, -0.2) is 0 Å². The first-order valence-corrected chi connectivity index (χ1v) is 7.84. The second kappa shape index (κ2) is 6.80. The average Bonchev–Trinajstić information content (AvgIpc) is 3.02. The second-order valence-corrected chi connectivity index (χ2v) is 5.61. The van der Waals surface area contributed by atoms with E-state index < -0.39 is 0 Å². The van der Waals surface area contributed by atoms with Gasteiger partial charge in [-0.3, -0.25) is 4.98 Å². The van der Waals surface area contributed by atoms with Crippen molar-refractivity contribution in [1.82, 2.24) is 20.4 Å². The summed E-state index contributed by atoms with van der Waals surface area (Å²) in [6.07, 6.45) is 7.20. The van der Waals surface area contributed by atoms with Gasteiger partial charge in [-0.05, 0) is 56.3 Å². The van der Waals surface area contributed by atoms with Gasteiger partial charge in [0.15, 0.2) is 0 Å². The summed E-state index contributed by atoms with van der Waals surface area (Å²) in [4.78, 5) is 8.91. The Hall–Kier alpha value is -1.75. The van der Waals surface area contributed by atoms with Crippen LogP contribution >= 0.6 is 0 Å². The van der Waals surface area contributed by atoms with Gasteiger partial charge in [0, 0.05) is 12.6 Å². The maximum atomic E-state index is 5.39. The predicted molar refractivity (Wildman–Crippen MR) is 80.8 cm³/mol. The molecule has 0 unspecified atom stereocenters. The van der Waals surface area contributed by atoms with Crippen molar-refractivity contribution in [1.29, 1.82) is 0 Å². The zero-order chi connectivity index (χ0) is 14.5. The fourth-order valence-corrected chi connectivity index (χ4v) is 2.88. The number of nitrogens with one attached hydrogen (secondary N) is 1. The molecule has 5 nitrogen and oxygen atoms in total. The molecule has 0 aliphatic carbocycles. The molecule has 0 radical (unpaired) electrons. The van der Waals surface area contributed by atoms with Gasteiger partial charge in [0.2, 0.25) is 11.7 Å². The highest BCUT2D eigenvalue weighted by atomic mass is 16.5. The number of rotatable bonds is 5. The molecule has 0 atom stereocenters. The van der Waals surface area contributed by atoms with Crippen LogP contribution in [0, 0.1) is 5.92 Å². The van der Waals surface area contributed by atoms with E-state index in [0.29, 0.717) is 5.82 Å². The molecule has 3 heterocycles. The van der Waals surface area contributed by atoms with E-state index in [1.54, 1.807) is 6.20 Å². The summed E-state index contributed by atoms with van der Waals surface area (Å²) in [7, 11) is 0. The molecule has 5 heteroatoms. The predicted octanol–water partition coefficient (Wildman–Crippen LogP) is 2.63. The number of aryl methyl sites for hydroxylation is 2. The fourth-order valence-electron chi connectivity index (χ4n) is 2.88. The summed E-state index contributed by atoms with van der Waals surface area (Å²) in [6.45, 7) is 4.37. The number of nitrogens with zero attached hydrogens (tertiary/aromatic N) is 3. The van der Waals surface area contributed by atoms with Crippen LogP contribution in [-0.2, 0) is 12.8 Å². The van der Waals surface area contributed by atoms with Gasteiger partial charge in [0.25, 0.3) is 0 Å². The van der Waals surface area contributed by atoms with Crippen LogP contribution in [0.4, 0.5) is 0 Å². The lowest BCUT2D eigenvalue weighted by molar-refractivity contribution is 0.324. The summed E-state index contributed by atoms with van der Waals surface area (Å²) >= 11 is 0. The van der Waals surface area contributed by atoms with E-state index in [4.69, 9.17) is 4.52 Å². The van der Waals surface area contributed by atoms with Gasteiger partial charge in [-0.2, -0.15) is 4.98 Å². The summed E-state index contributed by atoms with van der Waals surface area (Å²) in [5.41, 5.74) is 2.00. The molecular weight excluding hydrogens is 264 g/mol. The normalized spacial score (nSPS) is 16.2. The first-order chi connectivity index (χ1) is 10.4. The molecule has 21 heavy (non-hydrogen) atoms. The fraction of sp³-hybridized carbons (Fsp3) is 0.562. The Morgan fingerprint density at radius 2 is 2.19 bits per heavy atom. The van der Waals surface area contributed by atoms with Crippen LogP contribution in [-0.4, -0.2) is 28.2 Å². The average molecular weight is 286 g/mol. The number of hydrogen-bond acceptors (Lipinski definition) is 5. The molecule has 3 rings (SSSR count). The Balaban J connectivity index is 1.65. The van der Waals surface area contributed by atoms with Gasteiger partial charge < -0.3 is 9.84 Å². The lowest BCUT2D eigenvalue weighted by atomic mass is 9.93. The molecule has 2 aromatic rings. The number of hydrogen-bond donors (Lipinski definition) is 1. The third-order valence-electron chi connectivity index (χ3n) is 4.18. The van der Waals surface area contributed by atoms with Gasteiger partial charge in [-0.1, -0.05) is 18.1 Å². The molecule has 0 aromatic carbocycles. The molecule has 1 N–H and O–H groups in total. The first kappa shape index (κ1) is 14.2. The minimum atomic E-state index is 0.618. The van der Waals surface area contributed by atoms with Crippen molar-refractivity contribution in [2.45, 2.75) is 39.0 Å². The van der Waals surface area contributed by atoms with Gasteiger partial charge in [-0.15, -0.1) is 0 Å². The quantitative estimate of drug-likeness (QED) is 0.915. The molecule has 1 aliphatic rings. The largest absolute Gasteiger partial charge is 0.339 e. The number of piperidine rings is 1. The third-order valence-corrected chi connectivity index (χ3v) is 4.18. The summed E-state index contributed by atoms with van der Waals surface area (Å²) in [5.74, 6) is 2.13. The summed E-state index contributed by atoms with van der Waals surface area (Å²) in [5, 5.41) is 7.49. The van der Waals surface area contributed by atoms with Crippen molar-refractivity contribution >= 4 is 0 Å². The smallest absolute Gasteiger partial charge is 0.227 e. The lowest BCUT2D eigenvalue weighted by Gasteiger charge is -2.21. The third kappa shape index (κ3) is 3.47. The minimum Gasteiger partial charge on any atom is -0.339 e. The van der Waals surface area contributed by atoms with Crippen LogP contribution in [0.2, 0.25) is 0 Å². The zero-order valence-electron chi connectivity index (χ0n) is 12.5. The Morgan fingerprint density at radius 1 is 1.33 bits per heavy atom. The van der Waals surface area contributed by atoms with Crippen molar-refractivity contribution in [2.24, 2.45) is 5.92 Å². The van der Waals surface area contributed by atoms with Gasteiger partial charge in [0.05, 0.1) is 0 Å². The van der Waals surface area contributed by atoms with E-state index in [1.807, 2.05) is 6.07 Å². The molecule has 2 aromatic heterocycles. The molecule has 112 valence electrons. The Kier molecular flexibility index (Phi) is 4.60. The molecular formula is C16H22N4O.